The molecule has 0 saturated heterocycles. The Morgan fingerprint density at radius 2 is 1.93 bits per heavy atom. The molecule has 0 spiro atoms. The number of carbonyl (C=O) groups excluding carboxylic acids is 1. The number of amides is 1. The van der Waals surface area contributed by atoms with Crippen LogP contribution in [0.15, 0.2) is 47.4 Å². The molecule has 10 heteroatoms. The van der Waals surface area contributed by atoms with Crippen molar-refractivity contribution in [1.29, 1.82) is 0 Å². The molecule has 3 aromatic heterocycles. The minimum Gasteiger partial charge on any atom is -0.392 e. The molecular weight excluding hydrogens is 518 g/mol. The van der Waals surface area contributed by atoms with Gasteiger partial charge in [0.05, 0.1) is 18.8 Å². The number of aliphatic hydroxyl groups excluding tert-OH is 1. The van der Waals surface area contributed by atoms with Crippen molar-refractivity contribution in [3.8, 4) is 0 Å². The van der Waals surface area contributed by atoms with E-state index in [2.05, 4.69) is 38.0 Å². The molecule has 7 rings (SSSR count). The molecule has 4 aromatic rings. The zero-order valence-corrected chi connectivity index (χ0v) is 23.3. The number of likely N-dealkylation sites (N-methyl/N-ethyl adjacent to an activating group) is 1. The van der Waals surface area contributed by atoms with Gasteiger partial charge in [-0.05, 0) is 74.0 Å². The minimum absolute atomic E-state index is 0.0121. The van der Waals surface area contributed by atoms with Gasteiger partial charge in [0.15, 0.2) is 5.82 Å². The van der Waals surface area contributed by atoms with Crippen molar-refractivity contribution in [2.24, 2.45) is 0 Å². The highest BCUT2D eigenvalue weighted by atomic mass is 16.3. The SMILES string of the molecule is CN1CCn2nc(Nc3cc(Cc4cccc(N5CCn6c(cc7c6CCCC7)C5=O)c4CO)c[nH]c3=O)cc2C1. The lowest BCUT2D eigenvalue weighted by Crippen LogP contribution is -2.41. The number of pyridine rings is 1. The molecule has 1 aromatic carbocycles. The van der Waals surface area contributed by atoms with Gasteiger partial charge in [-0.15, -0.1) is 0 Å². The molecule has 212 valence electrons. The molecule has 0 atom stereocenters. The first-order valence-electron chi connectivity index (χ1n) is 14.5. The third kappa shape index (κ3) is 4.66. The topological polar surface area (TPSA) is 111 Å². The highest BCUT2D eigenvalue weighted by molar-refractivity contribution is 6.06. The van der Waals surface area contributed by atoms with Gasteiger partial charge in [-0.25, -0.2) is 0 Å². The van der Waals surface area contributed by atoms with Gasteiger partial charge in [0, 0.05) is 55.4 Å². The molecule has 1 aliphatic carbocycles. The lowest BCUT2D eigenvalue weighted by molar-refractivity contribution is 0.0964. The quantitative estimate of drug-likeness (QED) is 0.338. The second kappa shape index (κ2) is 10.4. The third-order valence-electron chi connectivity index (χ3n) is 8.73. The molecule has 5 heterocycles. The van der Waals surface area contributed by atoms with Gasteiger partial charge in [0.25, 0.3) is 11.5 Å². The lowest BCUT2D eigenvalue weighted by Gasteiger charge is -2.31. The average molecular weight is 554 g/mol. The van der Waals surface area contributed by atoms with Gasteiger partial charge in [-0.3, -0.25) is 19.2 Å². The Morgan fingerprint density at radius 3 is 2.80 bits per heavy atom. The van der Waals surface area contributed by atoms with Crippen LogP contribution in [0.25, 0.3) is 0 Å². The smallest absolute Gasteiger partial charge is 0.274 e. The van der Waals surface area contributed by atoms with Crippen molar-refractivity contribution in [3.63, 3.8) is 0 Å². The van der Waals surface area contributed by atoms with E-state index in [9.17, 15) is 14.7 Å². The van der Waals surface area contributed by atoms with Crippen molar-refractivity contribution in [3.05, 3.63) is 92.3 Å². The Labute approximate surface area is 238 Å². The highest BCUT2D eigenvalue weighted by Crippen LogP contribution is 2.33. The van der Waals surface area contributed by atoms with Crippen LogP contribution in [-0.4, -0.2) is 55.4 Å². The van der Waals surface area contributed by atoms with Gasteiger partial charge in [0.2, 0.25) is 0 Å². The van der Waals surface area contributed by atoms with Crippen molar-refractivity contribution in [1.82, 2.24) is 24.2 Å². The predicted octanol–water partition coefficient (Wildman–Crippen LogP) is 3.18. The Bertz CT molecular complexity index is 1700. The second-order valence-corrected chi connectivity index (χ2v) is 11.4. The van der Waals surface area contributed by atoms with Gasteiger partial charge in [-0.2, -0.15) is 5.10 Å². The number of nitrogens with zero attached hydrogens (tertiary/aromatic N) is 5. The number of hydrogen-bond donors (Lipinski definition) is 3. The summed E-state index contributed by atoms with van der Waals surface area (Å²) in [6.45, 7) is 3.72. The van der Waals surface area contributed by atoms with E-state index >= 15 is 0 Å². The number of benzene rings is 1. The van der Waals surface area contributed by atoms with E-state index in [1.54, 1.807) is 6.20 Å². The number of aromatic nitrogens is 4. The minimum atomic E-state index is -0.224. The first kappa shape index (κ1) is 25.8. The molecule has 0 fully saturated rings. The first-order valence-corrected chi connectivity index (χ1v) is 14.5. The molecule has 0 radical (unpaired) electrons. The Morgan fingerprint density at radius 1 is 1.05 bits per heavy atom. The summed E-state index contributed by atoms with van der Waals surface area (Å²) in [6.07, 6.45) is 6.63. The number of nitrogens with one attached hydrogen (secondary N) is 2. The zero-order valence-electron chi connectivity index (χ0n) is 23.3. The second-order valence-electron chi connectivity index (χ2n) is 11.4. The Balaban J connectivity index is 1.15. The summed E-state index contributed by atoms with van der Waals surface area (Å²) >= 11 is 0. The fraction of sp³-hybridized carbons (Fsp3) is 0.387. The highest BCUT2D eigenvalue weighted by Gasteiger charge is 2.31. The van der Waals surface area contributed by atoms with Crippen LogP contribution in [0.4, 0.5) is 17.2 Å². The predicted molar refractivity (Wildman–Crippen MR) is 157 cm³/mol. The summed E-state index contributed by atoms with van der Waals surface area (Å²) in [6, 6.07) is 11.7. The van der Waals surface area contributed by atoms with Crippen LogP contribution >= 0.6 is 0 Å². The van der Waals surface area contributed by atoms with Gasteiger partial charge in [0.1, 0.15) is 11.4 Å². The van der Waals surface area contributed by atoms with Crippen LogP contribution in [0, 0.1) is 0 Å². The van der Waals surface area contributed by atoms with Crippen LogP contribution in [-0.2, 0) is 45.5 Å². The van der Waals surface area contributed by atoms with Crippen LogP contribution in [0.1, 0.15) is 57.0 Å². The summed E-state index contributed by atoms with van der Waals surface area (Å²) in [5, 5.41) is 18.3. The van der Waals surface area contributed by atoms with E-state index < -0.39 is 0 Å². The van der Waals surface area contributed by atoms with Crippen molar-refractivity contribution in [2.75, 3.05) is 30.4 Å². The maximum absolute atomic E-state index is 13.7. The standard InChI is InChI=1S/C31H35N7O3/c1-35-9-12-38-23(18-35)16-29(34-38)33-25-14-20(17-32-30(25)40)13-21-6-4-8-27(24(21)19-39)37-11-10-36-26-7-3-2-5-22(26)15-28(36)31(37)41/h4,6,8,14-17,39H,2-3,5,7,9-13,18-19H2,1H3,(H,32,40)(H,33,34). The molecule has 3 N–H and O–H groups in total. The van der Waals surface area contributed by atoms with Crippen molar-refractivity contribution in [2.45, 2.75) is 58.3 Å². The number of hydrogen-bond acceptors (Lipinski definition) is 6. The van der Waals surface area contributed by atoms with E-state index in [1.807, 2.05) is 39.9 Å². The number of anilines is 3. The molecule has 10 nitrogen and oxygen atoms in total. The van der Waals surface area contributed by atoms with Crippen molar-refractivity contribution >= 4 is 23.1 Å². The van der Waals surface area contributed by atoms with Crippen molar-refractivity contribution < 1.29 is 9.90 Å². The fourth-order valence-electron chi connectivity index (χ4n) is 6.63. The normalized spacial score (nSPS) is 16.8. The number of fused-ring (bicyclic) bond motifs is 4. The molecule has 0 saturated carbocycles. The van der Waals surface area contributed by atoms with E-state index in [0.717, 1.165) is 72.8 Å². The maximum atomic E-state index is 13.7. The number of aryl methyl sites for hydroxylation is 1. The summed E-state index contributed by atoms with van der Waals surface area (Å²) in [5.41, 5.74) is 7.96. The number of carbonyl (C=O) groups is 1. The summed E-state index contributed by atoms with van der Waals surface area (Å²) in [4.78, 5) is 33.3. The van der Waals surface area contributed by atoms with Gasteiger partial charge >= 0.3 is 0 Å². The number of H-pyrrole nitrogens is 1. The van der Waals surface area contributed by atoms with E-state index in [1.165, 1.54) is 24.1 Å². The third-order valence-corrected chi connectivity index (χ3v) is 8.73. The monoisotopic (exact) mass is 553 g/mol. The fourth-order valence-corrected chi connectivity index (χ4v) is 6.63. The summed E-state index contributed by atoms with van der Waals surface area (Å²) < 4.78 is 4.19. The van der Waals surface area contributed by atoms with E-state index in [4.69, 9.17) is 0 Å². The van der Waals surface area contributed by atoms with Crippen LogP contribution in [0.3, 0.4) is 0 Å². The maximum Gasteiger partial charge on any atom is 0.274 e. The largest absolute Gasteiger partial charge is 0.392 e. The van der Waals surface area contributed by atoms with Crippen LogP contribution < -0.4 is 15.8 Å². The number of aliphatic hydroxyl groups is 1. The summed E-state index contributed by atoms with van der Waals surface area (Å²) in [7, 11) is 2.08. The molecule has 0 bridgehead atoms. The molecule has 0 unspecified atom stereocenters. The molecular formula is C31H35N7O3. The van der Waals surface area contributed by atoms with Crippen LogP contribution in [0.5, 0.6) is 0 Å². The zero-order chi connectivity index (χ0) is 28.1. The average Bonchev–Trinajstić information content (AvgIpc) is 3.56. The van der Waals surface area contributed by atoms with E-state index in [-0.39, 0.29) is 18.1 Å². The van der Waals surface area contributed by atoms with Gasteiger partial charge in [-0.1, -0.05) is 12.1 Å². The Kier molecular flexibility index (Phi) is 6.51. The summed E-state index contributed by atoms with van der Waals surface area (Å²) in [5.74, 6) is 0.632. The molecule has 3 aliphatic rings. The van der Waals surface area contributed by atoms with E-state index in [0.29, 0.717) is 24.5 Å². The van der Waals surface area contributed by atoms with Crippen LogP contribution in [0.2, 0.25) is 0 Å². The van der Waals surface area contributed by atoms with Gasteiger partial charge < -0.3 is 24.9 Å². The number of aromatic amines is 1. The molecule has 1 amide bonds. The number of rotatable bonds is 6. The Hall–Kier alpha value is -4.15. The molecule has 41 heavy (non-hydrogen) atoms. The molecule has 2 aliphatic heterocycles. The first-order chi connectivity index (χ1) is 20.0. The lowest BCUT2D eigenvalue weighted by atomic mass is 9.98.